The van der Waals surface area contributed by atoms with Crippen molar-refractivity contribution in [2.24, 2.45) is 5.92 Å². The van der Waals surface area contributed by atoms with E-state index in [0.717, 1.165) is 31.2 Å². The number of hydrogen-bond donors (Lipinski definition) is 1. The van der Waals surface area contributed by atoms with Crippen molar-refractivity contribution in [2.45, 2.75) is 51.0 Å². The van der Waals surface area contributed by atoms with E-state index in [0.29, 0.717) is 23.8 Å². The normalized spacial score (nSPS) is 20.8. The smallest absolute Gasteiger partial charge is 0.244 e. The fourth-order valence-electron chi connectivity index (χ4n) is 3.79. The lowest BCUT2D eigenvalue weighted by atomic mass is 9.79. The van der Waals surface area contributed by atoms with Crippen LogP contribution in [0.5, 0.6) is 0 Å². The van der Waals surface area contributed by atoms with Gasteiger partial charge in [0.15, 0.2) is 11.5 Å². The van der Waals surface area contributed by atoms with Gasteiger partial charge in [-0.3, -0.25) is 4.79 Å². The van der Waals surface area contributed by atoms with Crippen molar-refractivity contribution >= 4 is 5.78 Å². The molecule has 1 aromatic carbocycles. The van der Waals surface area contributed by atoms with Crippen LogP contribution >= 0.6 is 0 Å². The van der Waals surface area contributed by atoms with E-state index in [1.54, 1.807) is 13.0 Å². The molecule has 7 heteroatoms. The summed E-state index contributed by atoms with van der Waals surface area (Å²) in [5, 5.41) is 21.5. The number of carbonyl (C=O) groups is 1. The zero-order valence-electron chi connectivity index (χ0n) is 15.7. The average molecular weight is 381 g/mol. The highest BCUT2D eigenvalue weighted by molar-refractivity contribution is 5.95. The van der Waals surface area contributed by atoms with Crippen LogP contribution in [0.4, 0.5) is 0 Å². The first-order valence-electron chi connectivity index (χ1n) is 9.67. The Labute approximate surface area is 162 Å². The number of aromatic nitrogens is 3. The van der Waals surface area contributed by atoms with Crippen molar-refractivity contribution in [1.29, 1.82) is 0 Å². The van der Waals surface area contributed by atoms with Crippen molar-refractivity contribution in [1.82, 2.24) is 15.4 Å². The Hall–Kier alpha value is -2.80. The first kappa shape index (κ1) is 18.6. The lowest BCUT2D eigenvalue weighted by Crippen LogP contribution is -2.18. The SMILES string of the molecule is C[C@@H](O)c1nnc(C2CCCC(CC(=O)c3cc(-c4ccccc4)on3)C2)o1. The van der Waals surface area contributed by atoms with Crippen LogP contribution in [-0.2, 0) is 0 Å². The van der Waals surface area contributed by atoms with E-state index in [9.17, 15) is 9.90 Å². The van der Waals surface area contributed by atoms with Crippen molar-refractivity contribution < 1.29 is 18.8 Å². The van der Waals surface area contributed by atoms with Gasteiger partial charge in [-0.25, -0.2) is 0 Å². The quantitative estimate of drug-likeness (QED) is 0.634. The maximum atomic E-state index is 12.7. The Morgan fingerprint density at radius 2 is 2.07 bits per heavy atom. The summed E-state index contributed by atoms with van der Waals surface area (Å²) in [7, 11) is 0. The fourth-order valence-corrected chi connectivity index (χ4v) is 3.79. The standard InChI is InChI=1S/C21H23N3O4/c1-13(25)20-22-23-21(27-20)16-9-5-6-14(10-16)11-18(26)17-12-19(28-24-17)15-7-3-2-4-8-15/h2-4,7-8,12-14,16,25H,5-6,9-11H2,1H3/t13-,14?,16?/m1/s1. The van der Waals surface area contributed by atoms with Crippen molar-refractivity contribution in [2.75, 3.05) is 0 Å². The summed E-state index contributed by atoms with van der Waals surface area (Å²) in [6, 6.07) is 11.3. The summed E-state index contributed by atoms with van der Waals surface area (Å²) >= 11 is 0. The molecule has 0 radical (unpaired) electrons. The second-order valence-electron chi connectivity index (χ2n) is 7.45. The number of hydrogen-bond acceptors (Lipinski definition) is 7. The number of rotatable bonds is 6. The Balaban J connectivity index is 1.39. The highest BCUT2D eigenvalue weighted by Crippen LogP contribution is 2.38. The molecule has 0 aliphatic heterocycles. The monoisotopic (exact) mass is 381 g/mol. The van der Waals surface area contributed by atoms with E-state index >= 15 is 0 Å². The summed E-state index contributed by atoms with van der Waals surface area (Å²) in [5.41, 5.74) is 1.27. The van der Waals surface area contributed by atoms with E-state index in [4.69, 9.17) is 8.94 Å². The minimum Gasteiger partial charge on any atom is -0.422 e. The largest absolute Gasteiger partial charge is 0.422 e. The van der Waals surface area contributed by atoms with Gasteiger partial charge in [-0.2, -0.15) is 0 Å². The van der Waals surface area contributed by atoms with Gasteiger partial charge in [0, 0.05) is 24.0 Å². The van der Waals surface area contributed by atoms with Crippen LogP contribution in [0.25, 0.3) is 11.3 Å². The molecule has 1 saturated carbocycles. The molecule has 4 rings (SSSR count). The van der Waals surface area contributed by atoms with E-state index in [-0.39, 0.29) is 23.5 Å². The summed E-state index contributed by atoms with van der Waals surface area (Å²) in [4.78, 5) is 12.7. The molecule has 1 aliphatic rings. The van der Waals surface area contributed by atoms with E-state index in [1.165, 1.54) is 0 Å². The third-order valence-electron chi connectivity index (χ3n) is 5.27. The lowest BCUT2D eigenvalue weighted by Gasteiger charge is -2.26. The van der Waals surface area contributed by atoms with Gasteiger partial charge < -0.3 is 14.0 Å². The summed E-state index contributed by atoms with van der Waals surface area (Å²) < 4.78 is 10.9. The van der Waals surface area contributed by atoms with Crippen LogP contribution < -0.4 is 0 Å². The molecule has 2 unspecified atom stereocenters. The van der Waals surface area contributed by atoms with Gasteiger partial charge in [-0.05, 0) is 32.1 Å². The van der Waals surface area contributed by atoms with E-state index < -0.39 is 6.10 Å². The predicted octanol–water partition coefficient (Wildman–Crippen LogP) is 4.32. The second-order valence-corrected chi connectivity index (χ2v) is 7.45. The first-order chi connectivity index (χ1) is 13.6. The van der Waals surface area contributed by atoms with Gasteiger partial charge in [-0.1, -0.05) is 41.9 Å². The highest BCUT2D eigenvalue weighted by Gasteiger charge is 2.29. The van der Waals surface area contributed by atoms with Crippen molar-refractivity contribution in [3.8, 4) is 11.3 Å². The van der Waals surface area contributed by atoms with Crippen LogP contribution in [0.2, 0.25) is 0 Å². The Morgan fingerprint density at radius 3 is 2.82 bits per heavy atom. The molecule has 1 fully saturated rings. The molecule has 1 N–H and O–H groups in total. The van der Waals surface area contributed by atoms with Crippen LogP contribution in [0.3, 0.4) is 0 Å². The van der Waals surface area contributed by atoms with Gasteiger partial charge in [-0.15, -0.1) is 10.2 Å². The molecular formula is C21H23N3O4. The second kappa shape index (κ2) is 8.06. The number of benzene rings is 1. The third kappa shape index (κ3) is 4.04. The maximum absolute atomic E-state index is 12.7. The van der Waals surface area contributed by atoms with Crippen LogP contribution in [-0.4, -0.2) is 26.2 Å². The molecule has 0 saturated heterocycles. The van der Waals surface area contributed by atoms with E-state index in [1.807, 2.05) is 30.3 Å². The molecule has 3 atom stereocenters. The maximum Gasteiger partial charge on any atom is 0.244 e. The Kier molecular flexibility index (Phi) is 5.34. The zero-order chi connectivity index (χ0) is 19.5. The molecular weight excluding hydrogens is 358 g/mol. The number of nitrogens with zero attached hydrogens (tertiary/aromatic N) is 3. The zero-order valence-corrected chi connectivity index (χ0v) is 15.7. The molecule has 146 valence electrons. The number of aliphatic hydroxyl groups excluding tert-OH is 1. The highest BCUT2D eigenvalue weighted by atomic mass is 16.5. The van der Waals surface area contributed by atoms with Gasteiger partial charge in [0.05, 0.1) is 0 Å². The lowest BCUT2D eigenvalue weighted by molar-refractivity contribution is 0.0935. The Morgan fingerprint density at radius 1 is 1.25 bits per heavy atom. The number of ketones is 1. The predicted molar refractivity (Wildman–Crippen MR) is 101 cm³/mol. The Bertz CT molecular complexity index is 932. The minimum atomic E-state index is -0.770. The molecule has 3 aromatic rings. The minimum absolute atomic E-state index is 0.00761. The number of aliphatic hydroxyl groups is 1. The average Bonchev–Trinajstić information content (AvgIpc) is 3.39. The van der Waals surface area contributed by atoms with Gasteiger partial charge in [0.2, 0.25) is 11.8 Å². The molecule has 0 spiro atoms. The first-order valence-corrected chi connectivity index (χ1v) is 9.67. The molecule has 7 nitrogen and oxygen atoms in total. The van der Waals surface area contributed by atoms with Crippen LogP contribution in [0.1, 0.15) is 73.3 Å². The molecule has 1 aliphatic carbocycles. The fraction of sp³-hybridized carbons (Fsp3) is 0.429. The van der Waals surface area contributed by atoms with Gasteiger partial charge in [0.25, 0.3) is 0 Å². The molecule has 2 heterocycles. The topological polar surface area (TPSA) is 102 Å². The summed E-state index contributed by atoms with van der Waals surface area (Å²) in [6.45, 7) is 1.60. The molecule has 2 aromatic heterocycles. The summed E-state index contributed by atoms with van der Waals surface area (Å²) in [6.07, 6.45) is 3.42. The summed E-state index contributed by atoms with van der Waals surface area (Å²) in [5.74, 6) is 1.76. The van der Waals surface area contributed by atoms with Crippen molar-refractivity contribution in [3.63, 3.8) is 0 Å². The number of Topliss-reactive ketones (excluding diaryl/α,β-unsaturated/α-hetero) is 1. The van der Waals surface area contributed by atoms with Gasteiger partial charge >= 0.3 is 0 Å². The van der Waals surface area contributed by atoms with Crippen LogP contribution in [0, 0.1) is 5.92 Å². The van der Waals surface area contributed by atoms with E-state index in [2.05, 4.69) is 15.4 Å². The molecule has 0 amide bonds. The van der Waals surface area contributed by atoms with Crippen LogP contribution in [0.15, 0.2) is 45.3 Å². The molecule has 0 bridgehead atoms. The van der Waals surface area contributed by atoms with Crippen molar-refractivity contribution in [3.05, 3.63) is 53.9 Å². The third-order valence-corrected chi connectivity index (χ3v) is 5.27. The van der Waals surface area contributed by atoms with Gasteiger partial charge in [0.1, 0.15) is 11.8 Å². The molecule has 28 heavy (non-hydrogen) atoms. The number of carbonyl (C=O) groups excluding carboxylic acids is 1.